The van der Waals surface area contributed by atoms with E-state index < -0.39 is 10.0 Å². The lowest BCUT2D eigenvalue weighted by Crippen LogP contribution is -2.17. The number of hydrogen-bond acceptors (Lipinski definition) is 6. The smallest absolute Gasteiger partial charge is 0.285 e. The summed E-state index contributed by atoms with van der Waals surface area (Å²) in [5.41, 5.74) is 0.633. The predicted octanol–water partition coefficient (Wildman–Crippen LogP) is 2.65. The van der Waals surface area contributed by atoms with Crippen LogP contribution in [-0.4, -0.2) is 34.3 Å². The minimum atomic E-state index is -3.96. The minimum Gasteiger partial charge on any atom is -0.497 e. The van der Waals surface area contributed by atoms with E-state index in [2.05, 4.69) is 10.3 Å². The summed E-state index contributed by atoms with van der Waals surface area (Å²) in [7, 11) is 0.622. The second kappa shape index (κ2) is 7.96. The van der Waals surface area contributed by atoms with Crippen molar-refractivity contribution >= 4 is 31.6 Å². The van der Waals surface area contributed by atoms with Crippen LogP contribution in [0.1, 0.15) is 0 Å². The van der Waals surface area contributed by atoms with Gasteiger partial charge in [-0.3, -0.25) is 0 Å². The second-order valence-electron chi connectivity index (χ2n) is 5.56. The Labute approximate surface area is 166 Å². The number of thiazole rings is 1. The monoisotopic (exact) mass is 418 g/mol. The lowest BCUT2D eigenvalue weighted by atomic mass is 10.3. The molecule has 0 bridgehead atoms. The van der Waals surface area contributed by atoms with Gasteiger partial charge in [0, 0.05) is 0 Å². The molecule has 0 radical (unpaired) electrons. The fourth-order valence-corrected chi connectivity index (χ4v) is 5.01. The van der Waals surface area contributed by atoms with Gasteiger partial charge >= 0.3 is 0 Å². The molecule has 0 spiro atoms. The molecule has 0 aliphatic carbocycles. The first kappa shape index (κ1) is 19.8. The van der Waals surface area contributed by atoms with Crippen molar-refractivity contribution in [1.29, 1.82) is 0 Å². The van der Waals surface area contributed by atoms with Crippen molar-refractivity contribution in [2.24, 2.45) is 4.40 Å². The van der Waals surface area contributed by atoms with Gasteiger partial charge in [-0.1, -0.05) is 17.3 Å². The van der Waals surface area contributed by atoms with Gasteiger partial charge in [-0.05, 0) is 36.4 Å². The Hall–Kier alpha value is -2.96. The summed E-state index contributed by atoms with van der Waals surface area (Å²) in [5, 5.41) is 0. The molecule has 0 N–H and O–H groups in total. The van der Waals surface area contributed by atoms with Gasteiger partial charge in [0.05, 0.1) is 32.8 Å². The van der Waals surface area contributed by atoms with Crippen molar-refractivity contribution in [3.05, 3.63) is 41.2 Å². The average molecular weight is 418 g/mol. The van der Waals surface area contributed by atoms with E-state index >= 15 is 0 Å². The molecule has 0 atom stereocenters. The number of fused-ring (bicyclic) bond motifs is 1. The Kier molecular flexibility index (Phi) is 5.63. The largest absolute Gasteiger partial charge is 0.497 e. The molecule has 1 heterocycles. The highest BCUT2D eigenvalue weighted by atomic mass is 32.2. The standard InChI is InChI=1S/C19H18N2O5S2/c1-5-12-21-17-15(25-3)10-11-16(26-4)18(17)27-19(21)20-28(22,23)14-8-6-13(24-2)7-9-14/h1,6-11H,12H2,2-4H3/b20-19-. The molecule has 1 aromatic heterocycles. The van der Waals surface area contributed by atoms with Crippen molar-refractivity contribution in [3.8, 4) is 29.6 Å². The Balaban J connectivity index is 2.29. The third kappa shape index (κ3) is 3.56. The summed E-state index contributed by atoms with van der Waals surface area (Å²) in [4.78, 5) is 0.281. The number of terminal acetylenes is 1. The van der Waals surface area contributed by atoms with E-state index in [1.807, 2.05) is 0 Å². The molecule has 0 unspecified atom stereocenters. The zero-order chi connectivity index (χ0) is 20.3. The van der Waals surface area contributed by atoms with Crippen LogP contribution in [-0.2, 0) is 16.6 Å². The molecule has 146 valence electrons. The third-order valence-corrected chi connectivity index (χ3v) is 6.49. The molecule has 3 aromatic rings. The van der Waals surface area contributed by atoms with E-state index in [-0.39, 0.29) is 16.2 Å². The van der Waals surface area contributed by atoms with Crippen LogP contribution in [0, 0.1) is 12.3 Å². The van der Waals surface area contributed by atoms with E-state index in [1.165, 1.54) is 44.8 Å². The zero-order valence-corrected chi connectivity index (χ0v) is 17.1. The number of hydrogen-bond donors (Lipinski definition) is 0. The number of methoxy groups -OCH3 is 3. The Bertz CT molecular complexity index is 1220. The first-order valence-electron chi connectivity index (χ1n) is 8.08. The molecule has 7 nitrogen and oxygen atoms in total. The maximum absolute atomic E-state index is 12.8. The van der Waals surface area contributed by atoms with Crippen LogP contribution < -0.4 is 19.0 Å². The lowest BCUT2D eigenvalue weighted by Gasteiger charge is -2.08. The summed E-state index contributed by atoms with van der Waals surface area (Å²) in [6, 6.07) is 9.50. The third-order valence-electron chi connectivity index (χ3n) is 4.00. The highest BCUT2D eigenvalue weighted by Gasteiger charge is 2.18. The first-order valence-corrected chi connectivity index (χ1v) is 10.3. The van der Waals surface area contributed by atoms with Crippen LogP contribution in [0.4, 0.5) is 0 Å². The van der Waals surface area contributed by atoms with Gasteiger partial charge in [0.25, 0.3) is 10.0 Å². The number of benzene rings is 2. The molecule has 0 aliphatic heterocycles. The summed E-state index contributed by atoms with van der Waals surface area (Å²) in [6.45, 7) is 0.125. The van der Waals surface area contributed by atoms with Crippen LogP contribution in [0.3, 0.4) is 0 Å². The highest BCUT2D eigenvalue weighted by molar-refractivity contribution is 7.90. The van der Waals surface area contributed by atoms with Crippen LogP contribution >= 0.6 is 11.3 Å². The molecular formula is C19H18N2O5S2. The van der Waals surface area contributed by atoms with Crippen LogP contribution in [0.2, 0.25) is 0 Å². The van der Waals surface area contributed by atoms with E-state index in [0.29, 0.717) is 27.5 Å². The lowest BCUT2D eigenvalue weighted by molar-refractivity contribution is 0.409. The normalized spacial score (nSPS) is 12.0. The number of aromatic nitrogens is 1. The topological polar surface area (TPSA) is 79.1 Å². The summed E-state index contributed by atoms with van der Waals surface area (Å²) < 4.78 is 47.9. The second-order valence-corrected chi connectivity index (χ2v) is 8.15. The van der Waals surface area contributed by atoms with Crippen molar-refractivity contribution in [2.75, 3.05) is 21.3 Å². The van der Waals surface area contributed by atoms with Gasteiger partial charge in [0.15, 0.2) is 0 Å². The van der Waals surface area contributed by atoms with Crippen molar-refractivity contribution < 1.29 is 22.6 Å². The van der Waals surface area contributed by atoms with Gasteiger partial charge in [0.2, 0.25) is 4.80 Å². The zero-order valence-electron chi connectivity index (χ0n) is 15.5. The average Bonchev–Trinajstić information content (AvgIpc) is 3.05. The SMILES string of the molecule is C#CCn1/c(=N/S(=O)(=O)c2ccc(OC)cc2)sc2c(OC)ccc(OC)c21. The van der Waals surface area contributed by atoms with Gasteiger partial charge in [0.1, 0.15) is 27.5 Å². The number of nitrogens with zero attached hydrogens (tertiary/aromatic N) is 2. The van der Waals surface area contributed by atoms with Crippen molar-refractivity contribution in [1.82, 2.24) is 4.57 Å². The molecule has 0 fully saturated rings. The van der Waals surface area contributed by atoms with E-state index in [1.54, 1.807) is 28.8 Å². The fourth-order valence-electron chi connectivity index (χ4n) is 2.67. The molecule has 9 heteroatoms. The molecule has 28 heavy (non-hydrogen) atoms. The highest BCUT2D eigenvalue weighted by Crippen LogP contribution is 2.35. The molecule has 0 saturated carbocycles. The van der Waals surface area contributed by atoms with Crippen LogP contribution in [0.15, 0.2) is 45.7 Å². The maximum atomic E-state index is 12.8. The summed E-state index contributed by atoms with van der Waals surface area (Å²) in [6.07, 6.45) is 5.51. The Morgan fingerprint density at radius 3 is 2.25 bits per heavy atom. The fraction of sp³-hybridized carbons (Fsp3) is 0.211. The molecule has 0 amide bonds. The van der Waals surface area contributed by atoms with E-state index in [4.69, 9.17) is 20.6 Å². The van der Waals surface area contributed by atoms with Crippen LogP contribution in [0.25, 0.3) is 10.2 Å². The van der Waals surface area contributed by atoms with Gasteiger partial charge in [-0.25, -0.2) is 0 Å². The Morgan fingerprint density at radius 1 is 1.04 bits per heavy atom. The van der Waals surface area contributed by atoms with E-state index in [0.717, 1.165) is 0 Å². The van der Waals surface area contributed by atoms with Crippen molar-refractivity contribution in [3.63, 3.8) is 0 Å². The van der Waals surface area contributed by atoms with Crippen LogP contribution in [0.5, 0.6) is 17.2 Å². The quantitative estimate of drug-likeness (QED) is 0.575. The maximum Gasteiger partial charge on any atom is 0.285 e. The van der Waals surface area contributed by atoms with Gasteiger partial charge < -0.3 is 18.8 Å². The Morgan fingerprint density at radius 2 is 1.68 bits per heavy atom. The predicted molar refractivity (Wildman–Crippen MR) is 107 cm³/mol. The van der Waals surface area contributed by atoms with Gasteiger partial charge in [-0.15, -0.1) is 10.8 Å². The molecular weight excluding hydrogens is 400 g/mol. The molecule has 0 aliphatic rings. The first-order chi connectivity index (χ1) is 13.4. The molecule has 2 aromatic carbocycles. The molecule has 0 saturated heterocycles. The summed E-state index contributed by atoms with van der Waals surface area (Å²) in [5.74, 6) is 4.21. The minimum absolute atomic E-state index is 0.0527. The molecule has 3 rings (SSSR count). The summed E-state index contributed by atoms with van der Waals surface area (Å²) >= 11 is 1.17. The van der Waals surface area contributed by atoms with E-state index in [9.17, 15) is 8.42 Å². The number of rotatable bonds is 6. The number of ether oxygens (including phenoxy) is 3. The number of sulfonamides is 1. The van der Waals surface area contributed by atoms with Gasteiger partial charge in [-0.2, -0.15) is 8.42 Å². The van der Waals surface area contributed by atoms with Crippen molar-refractivity contribution in [2.45, 2.75) is 11.4 Å².